The maximum Gasteiger partial charge on any atom is 0.0611 e. The van der Waals surface area contributed by atoms with Crippen LogP contribution in [0.4, 0.5) is 0 Å². The van der Waals surface area contributed by atoms with Gasteiger partial charge in [-0.2, -0.15) is 0 Å². The van der Waals surface area contributed by atoms with E-state index in [9.17, 15) is 5.11 Å². The van der Waals surface area contributed by atoms with E-state index in [0.29, 0.717) is 0 Å². The van der Waals surface area contributed by atoms with Crippen molar-refractivity contribution < 1.29 is 5.11 Å². The number of aliphatic hydroxyl groups is 1. The average Bonchev–Trinajstić information content (AvgIpc) is 2.62. The number of likely N-dealkylation sites (N-methyl/N-ethyl adjacent to an activating group) is 1. The Kier molecular flexibility index (Phi) is 5.03. The summed E-state index contributed by atoms with van der Waals surface area (Å²) in [6.45, 7) is 11.2. The van der Waals surface area contributed by atoms with Crippen LogP contribution in [-0.2, 0) is 0 Å². The normalized spacial score (nSPS) is 26.8. The van der Waals surface area contributed by atoms with Crippen molar-refractivity contribution in [3.63, 3.8) is 0 Å². The summed E-state index contributed by atoms with van der Waals surface area (Å²) in [5, 5.41) is 12.7. The Balaban J connectivity index is 2.27. The third-order valence-electron chi connectivity index (χ3n) is 3.44. The lowest BCUT2D eigenvalue weighted by Gasteiger charge is -2.30. The van der Waals surface area contributed by atoms with Gasteiger partial charge in [0.1, 0.15) is 0 Å². The highest BCUT2D eigenvalue weighted by Gasteiger charge is 2.25. The van der Waals surface area contributed by atoms with Crippen LogP contribution in [-0.4, -0.2) is 48.3 Å². The molecule has 0 spiro atoms. The number of aliphatic hydroxyl groups excluding tert-OH is 1. The van der Waals surface area contributed by atoms with E-state index in [1.807, 2.05) is 0 Å². The van der Waals surface area contributed by atoms with Crippen molar-refractivity contribution in [1.82, 2.24) is 10.2 Å². The van der Waals surface area contributed by atoms with Gasteiger partial charge in [-0.15, -0.1) is 0 Å². The van der Waals surface area contributed by atoms with Gasteiger partial charge in [0.05, 0.1) is 6.61 Å². The highest BCUT2D eigenvalue weighted by Crippen LogP contribution is 2.17. The molecule has 2 atom stereocenters. The zero-order valence-electron chi connectivity index (χ0n) is 10.4. The molecule has 0 saturated carbocycles. The van der Waals surface area contributed by atoms with E-state index in [0.717, 1.165) is 25.4 Å². The second kappa shape index (κ2) is 5.83. The van der Waals surface area contributed by atoms with Crippen LogP contribution in [0, 0.1) is 5.92 Å². The first-order chi connectivity index (χ1) is 7.09. The number of nitrogens with one attached hydrogen (secondary N) is 1. The van der Waals surface area contributed by atoms with Crippen LogP contribution in [0.1, 0.15) is 33.6 Å². The van der Waals surface area contributed by atoms with Crippen LogP contribution >= 0.6 is 0 Å². The SMILES string of the molecule is CCNC(C)(CO)CCN1CCC(C)C1. The Morgan fingerprint density at radius 3 is 2.73 bits per heavy atom. The minimum Gasteiger partial charge on any atom is -0.394 e. The fourth-order valence-corrected chi connectivity index (χ4v) is 2.28. The van der Waals surface area contributed by atoms with Gasteiger partial charge in [-0.25, -0.2) is 0 Å². The Morgan fingerprint density at radius 2 is 2.27 bits per heavy atom. The van der Waals surface area contributed by atoms with Gasteiger partial charge in [-0.3, -0.25) is 0 Å². The number of hydrogen-bond acceptors (Lipinski definition) is 3. The molecular weight excluding hydrogens is 188 g/mol. The minimum atomic E-state index is -0.0966. The van der Waals surface area contributed by atoms with Crippen LogP contribution in [0.25, 0.3) is 0 Å². The summed E-state index contributed by atoms with van der Waals surface area (Å²) in [5.41, 5.74) is -0.0966. The largest absolute Gasteiger partial charge is 0.394 e. The van der Waals surface area contributed by atoms with Crippen LogP contribution in [0.5, 0.6) is 0 Å². The molecular formula is C12H26N2O. The van der Waals surface area contributed by atoms with Crippen molar-refractivity contribution in [2.75, 3.05) is 32.8 Å². The second-order valence-corrected chi connectivity index (χ2v) is 5.19. The lowest BCUT2D eigenvalue weighted by Crippen LogP contribution is -2.47. The number of nitrogens with zero attached hydrogens (tertiary/aromatic N) is 1. The van der Waals surface area contributed by atoms with E-state index >= 15 is 0 Å². The Labute approximate surface area is 93.9 Å². The van der Waals surface area contributed by atoms with Gasteiger partial charge in [-0.05, 0) is 45.3 Å². The predicted octanol–water partition coefficient (Wildman–Crippen LogP) is 1.08. The molecule has 1 aliphatic rings. The molecule has 2 N–H and O–H groups in total. The van der Waals surface area contributed by atoms with Crippen molar-refractivity contribution in [1.29, 1.82) is 0 Å². The van der Waals surface area contributed by atoms with Crippen LogP contribution < -0.4 is 5.32 Å². The van der Waals surface area contributed by atoms with Crippen molar-refractivity contribution >= 4 is 0 Å². The van der Waals surface area contributed by atoms with Crippen LogP contribution in [0.2, 0.25) is 0 Å². The summed E-state index contributed by atoms with van der Waals surface area (Å²) >= 11 is 0. The molecule has 3 nitrogen and oxygen atoms in total. The summed E-state index contributed by atoms with van der Waals surface area (Å²) in [5.74, 6) is 0.851. The summed E-state index contributed by atoms with van der Waals surface area (Å²) in [6.07, 6.45) is 2.36. The predicted molar refractivity (Wildman–Crippen MR) is 64.0 cm³/mol. The first-order valence-electron chi connectivity index (χ1n) is 6.18. The summed E-state index contributed by atoms with van der Waals surface area (Å²) in [4.78, 5) is 2.51. The molecule has 90 valence electrons. The first kappa shape index (κ1) is 12.9. The third-order valence-corrected chi connectivity index (χ3v) is 3.44. The maximum absolute atomic E-state index is 9.36. The highest BCUT2D eigenvalue weighted by molar-refractivity contribution is 4.84. The first-order valence-corrected chi connectivity index (χ1v) is 6.18. The van der Waals surface area contributed by atoms with Crippen molar-refractivity contribution in [3.8, 4) is 0 Å². The molecule has 1 saturated heterocycles. The monoisotopic (exact) mass is 214 g/mol. The van der Waals surface area contributed by atoms with Gasteiger partial charge in [0.2, 0.25) is 0 Å². The Bertz CT molecular complexity index is 186. The Hall–Kier alpha value is -0.120. The molecule has 0 bridgehead atoms. The van der Waals surface area contributed by atoms with E-state index in [1.54, 1.807) is 0 Å². The van der Waals surface area contributed by atoms with Crippen LogP contribution in [0.15, 0.2) is 0 Å². The van der Waals surface area contributed by atoms with Crippen LogP contribution in [0.3, 0.4) is 0 Å². The third kappa shape index (κ3) is 4.09. The number of hydrogen-bond donors (Lipinski definition) is 2. The van der Waals surface area contributed by atoms with Crippen molar-refractivity contribution in [2.45, 2.75) is 39.2 Å². The zero-order valence-corrected chi connectivity index (χ0v) is 10.4. The minimum absolute atomic E-state index is 0.0966. The molecule has 0 amide bonds. The molecule has 1 fully saturated rings. The van der Waals surface area contributed by atoms with E-state index in [2.05, 4.69) is 31.0 Å². The quantitative estimate of drug-likeness (QED) is 0.694. The van der Waals surface area contributed by atoms with Gasteiger partial charge < -0.3 is 15.3 Å². The topological polar surface area (TPSA) is 35.5 Å². The van der Waals surface area contributed by atoms with E-state index in [1.165, 1.54) is 19.5 Å². The number of likely N-dealkylation sites (tertiary alicyclic amines) is 1. The summed E-state index contributed by atoms with van der Waals surface area (Å²) < 4.78 is 0. The van der Waals surface area contributed by atoms with E-state index in [4.69, 9.17) is 0 Å². The summed E-state index contributed by atoms with van der Waals surface area (Å²) in [6, 6.07) is 0. The van der Waals surface area contributed by atoms with Gasteiger partial charge in [0.25, 0.3) is 0 Å². The van der Waals surface area contributed by atoms with Gasteiger partial charge in [0, 0.05) is 12.1 Å². The molecule has 0 aliphatic carbocycles. The molecule has 1 heterocycles. The second-order valence-electron chi connectivity index (χ2n) is 5.19. The zero-order chi connectivity index (χ0) is 11.3. The average molecular weight is 214 g/mol. The summed E-state index contributed by atoms with van der Waals surface area (Å²) in [7, 11) is 0. The highest BCUT2D eigenvalue weighted by atomic mass is 16.3. The van der Waals surface area contributed by atoms with E-state index in [-0.39, 0.29) is 12.1 Å². The van der Waals surface area contributed by atoms with Crippen molar-refractivity contribution in [3.05, 3.63) is 0 Å². The molecule has 0 aromatic heterocycles. The molecule has 1 rings (SSSR count). The van der Waals surface area contributed by atoms with Gasteiger partial charge >= 0.3 is 0 Å². The molecule has 0 radical (unpaired) electrons. The molecule has 0 aromatic rings. The number of rotatable bonds is 6. The molecule has 0 aromatic carbocycles. The fraction of sp³-hybridized carbons (Fsp3) is 1.00. The molecule has 3 heteroatoms. The van der Waals surface area contributed by atoms with E-state index < -0.39 is 0 Å². The standard InChI is InChI=1S/C12H26N2O/c1-4-13-12(3,10-15)6-8-14-7-5-11(2)9-14/h11,13,15H,4-10H2,1-3H3. The molecule has 2 unspecified atom stereocenters. The molecule has 1 aliphatic heterocycles. The maximum atomic E-state index is 9.36. The Morgan fingerprint density at radius 1 is 1.53 bits per heavy atom. The lowest BCUT2D eigenvalue weighted by atomic mass is 9.98. The van der Waals surface area contributed by atoms with Gasteiger partial charge in [-0.1, -0.05) is 13.8 Å². The fourth-order valence-electron chi connectivity index (χ4n) is 2.28. The smallest absolute Gasteiger partial charge is 0.0611 e. The molecule has 15 heavy (non-hydrogen) atoms. The van der Waals surface area contributed by atoms with Gasteiger partial charge in [0.15, 0.2) is 0 Å². The van der Waals surface area contributed by atoms with Crippen molar-refractivity contribution in [2.24, 2.45) is 5.92 Å². The lowest BCUT2D eigenvalue weighted by molar-refractivity contribution is 0.152.